The van der Waals surface area contributed by atoms with Crippen LogP contribution < -0.4 is 5.32 Å². The van der Waals surface area contributed by atoms with E-state index >= 15 is 0 Å². The molecular formula is C16H20N2O3. The highest BCUT2D eigenvalue weighted by molar-refractivity contribution is 5.98. The van der Waals surface area contributed by atoms with E-state index in [0.717, 1.165) is 31.8 Å². The van der Waals surface area contributed by atoms with Gasteiger partial charge >= 0.3 is 5.97 Å². The van der Waals surface area contributed by atoms with Gasteiger partial charge in [-0.25, -0.2) is 4.79 Å². The Kier molecular flexibility index (Phi) is 5.49. The lowest BCUT2D eigenvalue weighted by molar-refractivity contribution is -0.131. The van der Waals surface area contributed by atoms with E-state index in [9.17, 15) is 9.59 Å². The summed E-state index contributed by atoms with van der Waals surface area (Å²) in [4.78, 5) is 26.9. The third-order valence-electron chi connectivity index (χ3n) is 3.69. The largest absolute Gasteiger partial charge is 0.478 e. The molecule has 0 aliphatic heterocycles. The normalized spacial score (nSPS) is 16.6. The highest BCUT2D eigenvalue weighted by Crippen LogP contribution is 2.18. The number of carboxylic acids is 1. The Morgan fingerprint density at radius 3 is 2.62 bits per heavy atom. The minimum atomic E-state index is -1.05. The molecule has 112 valence electrons. The minimum Gasteiger partial charge on any atom is -0.478 e. The van der Waals surface area contributed by atoms with Crippen LogP contribution in [0.3, 0.4) is 0 Å². The van der Waals surface area contributed by atoms with Crippen LogP contribution in [0.1, 0.15) is 54.4 Å². The molecule has 1 fully saturated rings. The Labute approximate surface area is 124 Å². The van der Waals surface area contributed by atoms with E-state index in [4.69, 9.17) is 5.11 Å². The number of aliphatic carboxylic acids is 1. The van der Waals surface area contributed by atoms with Gasteiger partial charge in [-0.1, -0.05) is 25.7 Å². The lowest BCUT2D eigenvalue weighted by Gasteiger charge is -2.16. The Morgan fingerprint density at radius 2 is 1.95 bits per heavy atom. The molecule has 0 unspecified atom stereocenters. The van der Waals surface area contributed by atoms with Gasteiger partial charge in [0, 0.05) is 35.6 Å². The smallest absolute Gasteiger partial charge is 0.328 e. The fourth-order valence-corrected chi connectivity index (χ4v) is 2.59. The number of hydrogen-bond acceptors (Lipinski definition) is 3. The summed E-state index contributed by atoms with van der Waals surface area (Å²) in [7, 11) is 0. The van der Waals surface area contributed by atoms with Crippen molar-refractivity contribution < 1.29 is 14.7 Å². The van der Waals surface area contributed by atoms with Crippen molar-refractivity contribution in [1.82, 2.24) is 10.3 Å². The van der Waals surface area contributed by atoms with Gasteiger partial charge in [-0.05, 0) is 25.0 Å². The van der Waals surface area contributed by atoms with Gasteiger partial charge in [-0.2, -0.15) is 0 Å². The van der Waals surface area contributed by atoms with Crippen LogP contribution in [0.4, 0.5) is 0 Å². The number of aromatic nitrogens is 1. The summed E-state index contributed by atoms with van der Waals surface area (Å²) in [5.41, 5.74) is 0.984. The Morgan fingerprint density at radius 1 is 1.24 bits per heavy atom. The molecule has 5 nitrogen and oxygen atoms in total. The molecule has 0 atom stereocenters. The van der Waals surface area contributed by atoms with E-state index in [2.05, 4.69) is 10.3 Å². The van der Waals surface area contributed by atoms with Crippen LogP contribution in [0.15, 0.2) is 24.5 Å². The Balaban J connectivity index is 2.09. The number of pyridine rings is 1. The molecular weight excluding hydrogens is 268 g/mol. The molecule has 0 bridgehead atoms. The summed E-state index contributed by atoms with van der Waals surface area (Å²) in [5, 5.41) is 11.7. The van der Waals surface area contributed by atoms with Crippen molar-refractivity contribution in [3.05, 3.63) is 35.7 Å². The summed E-state index contributed by atoms with van der Waals surface area (Å²) in [6, 6.07) is 1.83. The molecule has 0 saturated heterocycles. The molecule has 1 amide bonds. The van der Waals surface area contributed by atoms with Crippen LogP contribution in [-0.4, -0.2) is 28.0 Å². The van der Waals surface area contributed by atoms with Gasteiger partial charge in [0.25, 0.3) is 5.91 Å². The van der Waals surface area contributed by atoms with Crippen LogP contribution >= 0.6 is 0 Å². The van der Waals surface area contributed by atoms with E-state index in [1.807, 2.05) is 0 Å². The maximum atomic E-state index is 12.4. The van der Waals surface area contributed by atoms with E-state index in [0.29, 0.717) is 11.1 Å². The third kappa shape index (κ3) is 4.70. The van der Waals surface area contributed by atoms with E-state index in [1.165, 1.54) is 25.1 Å². The van der Waals surface area contributed by atoms with Gasteiger partial charge in [-0.15, -0.1) is 0 Å². The van der Waals surface area contributed by atoms with Crippen LogP contribution in [0.5, 0.6) is 0 Å². The maximum absolute atomic E-state index is 12.4. The quantitative estimate of drug-likeness (QED) is 0.659. The molecule has 21 heavy (non-hydrogen) atoms. The highest BCUT2D eigenvalue weighted by Gasteiger charge is 2.17. The predicted molar refractivity (Wildman–Crippen MR) is 79.9 cm³/mol. The standard InChI is InChI=1S/C16H20N2O3/c19-15(20)8-7-12-11-17-10-9-14(12)16(21)18-13-5-3-1-2-4-6-13/h7-11,13H,1-6H2,(H,18,21)(H,19,20). The molecule has 2 rings (SSSR count). The van der Waals surface area contributed by atoms with Crippen molar-refractivity contribution in [2.45, 2.75) is 44.6 Å². The van der Waals surface area contributed by atoms with E-state index in [1.54, 1.807) is 12.3 Å². The first kappa shape index (κ1) is 15.2. The van der Waals surface area contributed by atoms with Crippen LogP contribution in [0, 0.1) is 0 Å². The molecule has 0 radical (unpaired) electrons. The third-order valence-corrected chi connectivity index (χ3v) is 3.69. The van der Waals surface area contributed by atoms with Gasteiger partial charge in [0.15, 0.2) is 0 Å². The molecule has 1 heterocycles. The zero-order valence-electron chi connectivity index (χ0n) is 11.9. The highest BCUT2D eigenvalue weighted by atomic mass is 16.4. The number of hydrogen-bond donors (Lipinski definition) is 2. The van der Waals surface area contributed by atoms with Crippen molar-refractivity contribution >= 4 is 18.0 Å². The van der Waals surface area contributed by atoms with E-state index < -0.39 is 5.97 Å². The number of carboxylic acid groups (broad SMARTS) is 1. The fourth-order valence-electron chi connectivity index (χ4n) is 2.59. The number of carbonyl (C=O) groups excluding carboxylic acids is 1. The minimum absolute atomic E-state index is 0.158. The average molecular weight is 288 g/mol. The molecule has 0 aromatic carbocycles. The molecule has 1 aliphatic carbocycles. The van der Waals surface area contributed by atoms with Crippen LogP contribution in [-0.2, 0) is 4.79 Å². The number of nitrogens with one attached hydrogen (secondary N) is 1. The van der Waals surface area contributed by atoms with Crippen LogP contribution in [0.25, 0.3) is 6.08 Å². The number of nitrogens with zero attached hydrogens (tertiary/aromatic N) is 1. The molecule has 1 aromatic heterocycles. The molecule has 0 spiro atoms. The van der Waals surface area contributed by atoms with Gasteiger partial charge < -0.3 is 10.4 Å². The molecule has 2 N–H and O–H groups in total. The molecule has 1 aromatic rings. The summed E-state index contributed by atoms with van der Waals surface area (Å²) in [5.74, 6) is -1.21. The first-order chi connectivity index (χ1) is 10.2. The Bertz CT molecular complexity index is 532. The summed E-state index contributed by atoms with van der Waals surface area (Å²) < 4.78 is 0. The summed E-state index contributed by atoms with van der Waals surface area (Å²) in [6.07, 6.45) is 12.2. The van der Waals surface area contributed by atoms with Crippen molar-refractivity contribution in [3.8, 4) is 0 Å². The maximum Gasteiger partial charge on any atom is 0.328 e. The SMILES string of the molecule is O=C(O)C=Cc1cnccc1C(=O)NC1CCCCCC1. The van der Waals surface area contributed by atoms with Crippen molar-refractivity contribution in [1.29, 1.82) is 0 Å². The number of carbonyl (C=O) groups is 2. The predicted octanol–water partition coefficient (Wildman–Crippen LogP) is 2.63. The second kappa shape index (κ2) is 7.57. The van der Waals surface area contributed by atoms with Gasteiger partial charge in [0.05, 0.1) is 0 Å². The van der Waals surface area contributed by atoms with Crippen molar-refractivity contribution in [2.75, 3.05) is 0 Å². The molecule has 5 heteroatoms. The first-order valence-corrected chi connectivity index (χ1v) is 7.32. The van der Waals surface area contributed by atoms with E-state index in [-0.39, 0.29) is 11.9 Å². The van der Waals surface area contributed by atoms with Gasteiger partial charge in [-0.3, -0.25) is 9.78 Å². The molecule has 1 aliphatic rings. The lowest BCUT2D eigenvalue weighted by Crippen LogP contribution is -2.34. The van der Waals surface area contributed by atoms with Crippen molar-refractivity contribution in [3.63, 3.8) is 0 Å². The fraction of sp³-hybridized carbons (Fsp3) is 0.438. The number of rotatable bonds is 4. The number of amides is 1. The molecule has 1 saturated carbocycles. The monoisotopic (exact) mass is 288 g/mol. The van der Waals surface area contributed by atoms with Crippen LogP contribution in [0.2, 0.25) is 0 Å². The first-order valence-electron chi connectivity index (χ1n) is 7.32. The lowest BCUT2D eigenvalue weighted by atomic mass is 10.1. The average Bonchev–Trinajstić information content (AvgIpc) is 2.74. The van der Waals surface area contributed by atoms with Gasteiger partial charge in [0.2, 0.25) is 0 Å². The second-order valence-corrected chi connectivity index (χ2v) is 5.30. The van der Waals surface area contributed by atoms with Crippen molar-refractivity contribution in [2.24, 2.45) is 0 Å². The summed E-state index contributed by atoms with van der Waals surface area (Å²) in [6.45, 7) is 0. The van der Waals surface area contributed by atoms with Gasteiger partial charge in [0.1, 0.15) is 0 Å². The summed E-state index contributed by atoms with van der Waals surface area (Å²) >= 11 is 0. The second-order valence-electron chi connectivity index (χ2n) is 5.30. The topological polar surface area (TPSA) is 79.3 Å². The Hall–Kier alpha value is -2.17. The zero-order chi connectivity index (χ0) is 15.1. The zero-order valence-corrected chi connectivity index (χ0v) is 11.9.